The van der Waals surface area contributed by atoms with E-state index >= 15 is 0 Å². The molecule has 1 atom stereocenters. The smallest absolute Gasteiger partial charge is 0.253 e. The summed E-state index contributed by atoms with van der Waals surface area (Å²) < 4.78 is 5.13. The van der Waals surface area contributed by atoms with Gasteiger partial charge in [-0.1, -0.05) is 18.2 Å². The fourth-order valence-corrected chi connectivity index (χ4v) is 1.80. The van der Waals surface area contributed by atoms with E-state index in [-0.39, 0.29) is 0 Å². The molecule has 0 fully saturated rings. The van der Waals surface area contributed by atoms with Crippen LogP contribution in [0.5, 0.6) is 5.75 Å². The van der Waals surface area contributed by atoms with E-state index < -0.39 is 11.5 Å². The summed E-state index contributed by atoms with van der Waals surface area (Å²) in [5, 5.41) is 11.9. The molecule has 2 rings (SSSR count). The zero-order valence-corrected chi connectivity index (χ0v) is 10.3. The molecule has 4 nitrogen and oxygen atoms in total. The molecule has 0 aliphatic carbocycles. The van der Waals surface area contributed by atoms with Crippen molar-refractivity contribution in [2.24, 2.45) is 5.73 Å². The van der Waals surface area contributed by atoms with E-state index in [4.69, 9.17) is 10.5 Å². The molecule has 1 amide bonds. The number of rotatable bonds is 3. The standard InChI is InChI=1S/C14H15NO3/c1-14(17,13(15)16)11-5-3-10-8-12(18-2)6-4-9(10)7-11/h3-8,17H,1-2H3,(H2,15,16). The number of amides is 1. The summed E-state index contributed by atoms with van der Waals surface area (Å²) in [7, 11) is 1.60. The summed E-state index contributed by atoms with van der Waals surface area (Å²) in [5.41, 5.74) is 4.00. The van der Waals surface area contributed by atoms with Crippen LogP contribution >= 0.6 is 0 Å². The molecule has 0 saturated heterocycles. The summed E-state index contributed by atoms with van der Waals surface area (Å²) in [6, 6.07) is 10.8. The Kier molecular flexibility index (Phi) is 2.97. The Morgan fingerprint density at radius 2 is 1.83 bits per heavy atom. The number of carbonyl (C=O) groups is 1. The molecule has 3 N–H and O–H groups in total. The molecule has 0 aromatic heterocycles. The number of ether oxygens (including phenoxy) is 1. The largest absolute Gasteiger partial charge is 0.497 e. The van der Waals surface area contributed by atoms with Crippen LogP contribution in [0.2, 0.25) is 0 Å². The van der Waals surface area contributed by atoms with Crippen LogP contribution in [0, 0.1) is 0 Å². The third kappa shape index (κ3) is 2.02. The van der Waals surface area contributed by atoms with Gasteiger partial charge in [0.05, 0.1) is 7.11 Å². The van der Waals surface area contributed by atoms with Crippen molar-refractivity contribution in [1.82, 2.24) is 0 Å². The lowest BCUT2D eigenvalue weighted by atomic mass is 9.93. The normalized spacial score (nSPS) is 14.2. The van der Waals surface area contributed by atoms with Crippen LogP contribution in [0.25, 0.3) is 10.8 Å². The van der Waals surface area contributed by atoms with Crippen molar-refractivity contribution in [2.45, 2.75) is 12.5 Å². The Morgan fingerprint density at radius 1 is 1.22 bits per heavy atom. The fraction of sp³-hybridized carbons (Fsp3) is 0.214. The number of benzene rings is 2. The monoisotopic (exact) mass is 245 g/mol. The van der Waals surface area contributed by atoms with Gasteiger partial charge in [-0.2, -0.15) is 0 Å². The summed E-state index contributed by atoms with van der Waals surface area (Å²) in [6.07, 6.45) is 0. The first-order valence-electron chi connectivity index (χ1n) is 5.55. The first-order valence-corrected chi connectivity index (χ1v) is 5.55. The first kappa shape index (κ1) is 12.4. The van der Waals surface area contributed by atoms with Crippen LogP contribution in [0.1, 0.15) is 12.5 Å². The molecule has 4 heteroatoms. The Bertz CT molecular complexity index is 605. The molecule has 0 spiro atoms. The van der Waals surface area contributed by atoms with Crippen molar-refractivity contribution in [3.05, 3.63) is 42.0 Å². The SMILES string of the molecule is COc1ccc2cc(C(C)(O)C(N)=O)ccc2c1. The van der Waals surface area contributed by atoms with E-state index in [0.717, 1.165) is 16.5 Å². The second-order valence-corrected chi connectivity index (χ2v) is 4.36. The molecule has 18 heavy (non-hydrogen) atoms. The second-order valence-electron chi connectivity index (χ2n) is 4.36. The number of hydrogen-bond donors (Lipinski definition) is 2. The van der Waals surface area contributed by atoms with E-state index in [1.165, 1.54) is 6.92 Å². The Morgan fingerprint density at radius 3 is 2.44 bits per heavy atom. The van der Waals surface area contributed by atoms with Crippen LogP contribution in [-0.4, -0.2) is 18.1 Å². The molecule has 0 radical (unpaired) electrons. The first-order chi connectivity index (χ1) is 8.45. The molecule has 2 aromatic carbocycles. The van der Waals surface area contributed by atoms with Crippen molar-refractivity contribution in [2.75, 3.05) is 7.11 Å². The van der Waals surface area contributed by atoms with Crippen molar-refractivity contribution in [3.8, 4) is 5.75 Å². The molecule has 0 aliphatic heterocycles. The van der Waals surface area contributed by atoms with Gasteiger partial charge in [-0.15, -0.1) is 0 Å². The van der Waals surface area contributed by atoms with Crippen molar-refractivity contribution in [1.29, 1.82) is 0 Å². The number of nitrogens with two attached hydrogens (primary N) is 1. The molecule has 0 heterocycles. The van der Waals surface area contributed by atoms with E-state index in [2.05, 4.69) is 0 Å². The molecule has 2 aromatic rings. The predicted molar refractivity (Wildman–Crippen MR) is 69.3 cm³/mol. The second kappa shape index (κ2) is 4.31. The lowest BCUT2D eigenvalue weighted by Crippen LogP contribution is -2.38. The highest BCUT2D eigenvalue weighted by atomic mass is 16.5. The number of fused-ring (bicyclic) bond motifs is 1. The molecule has 0 aliphatic rings. The topological polar surface area (TPSA) is 72.6 Å². The Hall–Kier alpha value is -2.07. The summed E-state index contributed by atoms with van der Waals surface area (Å²) in [6.45, 7) is 1.39. The number of methoxy groups -OCH3 is 1. The number of primary amides is 1. The molecule has 1 unspecified atom stereocenters. The zero-order chi connectivity index (χ0) is 13.3. The number of hydrogen-bond acceptors (Lipinski definition) is 3. The molecule has 0 saturated carbocycles. The lowest BCUT2D eigenvalue weighted by Gasteiger charge is -2.20. The Labute approximate surface area is 105 Å². The van der Waals surface area contributed by atoms with E-state index in [9.17, 15) is 9.90 Å². The minimum absolute atomic E-state index is 0.479. The molecular formula is C14H15NO3. The maximum Gasteiger partial charge on any atom is 0.253 e. The summed E-state index contributed by atoms with van der Waals surface area (Å²) >= 11 is 0. The predicted octanol–water partition coefficient (Wildman–Crippen LogP) is 1.54. The highest BCUT2D eigenvalue weighted by molar-refractivity contribution is 5.89. The average Bonchev–Trinajstić information content (AvgIpc) is 2.37. The summed E-state index contributed by atoms with van der Waals surface area (Å²) in [4.78, 5) is 11.2. The third-order valence-corrected chi connectivity index (χ3v) is 3.09. The minimum Gasteiger partial charge on any atom is -0.497 e. The van der Waals surface area contributed by atoms with E-state index in [1.807, 2.05) is 24.3 Å². The summed E-state index contributed by atoms with van der Waals surface area (Å²) in [5.74, 6) is -0.00715. The fourth-order valence-electron chi connectivity index (χ4n) is 1.80. The van der Waals surface area contributed by atoms with Gasteiger partial charge in [-0.3, -0.25) is 4.79 Å². The minimum atomic E-state index is -1.66. The maximum absolute atomic E-state index is 11.2. The number of aliphatic hydroxyl groups is 1. The van der Waals surface area contributed by atoms with Crippen LogP contribution in [-0.2, 0) is 10.4 Å². The molecular weight excluding hydrogens is 230 g/mol. The number of carbonyl (C=O) groups excluding carboxylic acids is 1. The van der Waals surface area contributed by atoms with Crippen LogP contribution in [0.3, 0.4) is 0 Å². The van der Waals surface area contributed by atoms with Gasteiger partial charge < -0.3 is 15.6 Å². The van der Waals surface area contributed by atoms with Gasteiger partial charge in [0.25, 0.3) is 5.91 Å². The quantitative estimate of drug-likeness (QED) is 0.861. The Balaban J connectivity index is 2.55. The average molecular weight is 245 g/mol. The van der Waals surface area contributed by atoms with Crippen molar-refractivity contribution < 1.29 is 14.6 Å². The van der Waals surface area contributed by atoms with Gasteiger partial charge in [0.15, 0.2) is 5.60 Å². The van der Waals surface area contributed by atoms with Gasteiger partial charge in [0.1, 0.15) is 5.75 Å². The van der Waals surface area contributed by atoms with Crippen LogP contribution in [0.4, 0.5) is 0 Å². The maximum atomic E-state index is 11.2. The van der Waals surface area contributed by atoms with Crippen LogP contribution < -0.4 is 10.5 Å². The van der Waals surface area contributed by atoms with Gasteiger partial charge in [0, 0.05) is 0 Å². The van der Waals surface area contributed by atoms with Gasteiger partial charge >= 0.3 is 0 Å². The highest BCUT2D eigenvalue weighted by Gasteiger charge is 2.29. The highest BCUT2D eigenvalue weighted by Crippen LogP contribution is 2.27. The molecule has 94 valence electrons. The third-order valence-electron chi connectivity index (χ3n) is 3.09. The van der Waals surface area contributed by atoms with Crippen LogP contribution in [0.15, 0.2) is 36.4 Å². The molecule has 0 bridgehead atoms. The van der Waals surface area contributed by atoms with E-state index in [1.54, 1.807) is 19.2 Å². The van der Waals surface area contributed by atoms with Gasteiger partial charge in [-0.05, 0) is 41.5 Å². The van der Waals surface area contributed by atoms with Gasteiger partial charge in [0.2, 0.25) is 0 Å². The van der Waals surface area contributed by atoms with E-state index in [0.29, 0.717) is 5.56 Å². The van der Waals surface area contributed by atoms with Gasteiger partial charge in [-0.25, -0.2) is 0 Å². The lowest BCUT2D eigenvalue weighted by molar-refractivity contribution is -0.135. The zero-order valence-electron chi connectivity index (χ0n) is 10.3. The van der Waals surface area contributed by atoms with Crippen molar-refractivity contribution in [3.63, 3.8) is 0 Å². The van der Waals surface area contributed by atoms with Crippen molar-refractivity contribution >= 4 is 16.7 Å².